The van der Waals surface area contributed by atoms with Gasteiger partial charge in [-0.25, -0.2) is 0 Å². The minimum Gasteiger partial charge on any atom is -0.382 e. The van der Waals surface area contributed by atoms with E-state index >= 15 is 0 Å². The first-order valence-corrected chi connectivity index (χ1v) is 5.83. The first kappa shape index (κ1) is 12.0. The largest absolute Gasteiger partial charge is 0.382 e. The second kappa shape index (κ2) is 5.25. The summed E-state index contributed by atoms with van der Waals surface area (Å²) in [6.07, 6.45) is 4.66. The molecule has 0 radical (unpaired) electrons. The Bertz CT molecular complexity index is 493. The van der Waals surface area contributed by atoms with Gasteiger partial charge in [0.25, 0.3) is 0 Å². The highest BCUT2D eigenvalue weighted by atomic mass is 16.5. The van der Waals surface area contributed by atoms with Crippen molar-refractivity contribution in [1.82, 2.24) is 4.98 Å². The number of nitrogens with two attached hydrogens (primary N) is 1. The Kier molecular flexibility index (Phi) is 3.71. The van der Waals surface area contributed by atoms with Crippen molar-refractivity contribution in [2.24, 2.45) is 5.73 Å². The summed E-state index contributed by atoms with van der Waals surface area (Å²) in [7, 11) is 1.71. The van der Waals surface area contributed by atoms with E-state index in [1.54, 1.807) is 13.3 Å². The Morgan fingerprint density at radius 3 is 2.94 bits per heavy atom. The third kappa shape index (κ3) is 2.62. The molecule has 3 nitrogen and oxygen atoms in total. The van der Waals surface area contributed by atoms with E-state index in [2.05, 4.69) is 17.1 Å². The summed E-state index contributed by atoms with van der Waals surface area (Å²) in [5.74, 6) is 0. The first-order chi connectivity index (χ1) is 8.22. The van der Waals surface area contributed by atoms with Gasteiger partial charge in [-0.05, 0) is 30.4 Å². The van der Waals surface area contributed by atoms with Gasteiger partial charge in [-0.3, -0.25) is 4.98 Å². The van der Waals surface area contributed by atoms with E-state index < -0.39 is 0 Å². The number of ether oxygens (including phenoxy) is 1. The molecule has 1 aromatic heterocycles. The molecule has 0 spiro atoms. The molecule has 0 aliphatic heterocycles. The Morgan fingerprint density at radius 2 is 2.18 bits per heavy atom. The van der Waals surface area contributed by atoms with E-state index in [1.165, 1.54) is 5.39 Å². The van der Waals surface area contributed by atoms with Crippen molar-refractivity contribution in [2.45, 2.75) is 25.5 Å². The third-order valence-corrected chi connectivity index (χ3v) is 3.10. The van der Waals surface area contributed by atoms with Crippen LogP contribution in [0.25, 0.3) is 10.8 Å². The number of aromatic nitrogens is 1. The molecule has 17 heavy (non-hydrogen) atoms. The Balaban J connectivity index is 2.34. The van der Waals surface area contributed by atoms with E-state index in [1.807, 2.05) is 25.3 Å². The molecule has 0 saturated heterocycles. The summed E-state index contributed by atoms with van der Waals surface area (Å²) >= 11 is 0. The van der Waals surface area contributed by atoms with Gasteiger partial charge in [0.1, 0.15) is 0 Å². The molecule has 3 heteroatoms. The van der Waals surface area contributed by atoms with Crippen LogP contribution < -0.4 is 5.73 Å². The van der Waals surface area contributed by atoms with Crippen molar-refractivity contribution >= 4 is 10.8 Å². The monoisotopic (exact) mass is 230 g/mol. The highest BCUT2D eigenvalue weighted by Crippen LogP contribution is 2.25. The van der Waals surface area contributed by atoms with Crippen LogP contribution in [0.3, 0.4) is 0 Å². The standard InChI is InChI=1S/C14H18N2O/c1-10(17-2)8-14(15)13-5-3-4-11-9-16-7-6-12(11)13/h3-7,9-10,14H,8,15H2,1-2H3. The number of hydrogen-bond donors (Lipinski definition) is 1. The molecule has 0 bridgehead atoms. The molecule has 2 aromatic rings. The van der Waals surface area contributed by atoms with E-state index in [0.717, 1.165) is 17.4 Å². The van der Waals surface area contributed by atoms with Crippen molar-refractivity contribution in [2.75, 3.05) is 7.11 Å². The molecule has 2 N–H and O–H groups in total. The molecule has 1 heterocycles. The van der Waals surface area contributed by atoms with Crippen LogP contribution in [-0.4, -0.2) is 18.2 Å². The summed E-state index contributed by atoms with van der Waals surface area (Å²) in [6, 6.07) is 8.17. The van der Waals surface area contributed by atoms with Crippen LogP contribution in [0.15, 0.2) is 36.7 Å². The van der Waals surface area contributed by atoms with Gasteiger partial charge in [0.05, 0.1) is 6.10 Å². The minimum atomic E-state index is -0.00366. The fourth-order valence-electron chi connectivity index (χ4n) is 2.05. The van der Waals surface area contributed by atoms with Crippen molar-refractivity contribution < 1.29 is 4.74 Å². The number of pyridine rings is 1. The zero-order valence-electron chi connectivity index (χ0n) is 10.3. The predicted molar refractivity (Wildman–Crippen MR) is 69.8 cm³/mol. The van der Waals surface area contributed by atoms with Crippen LogP contribution >= 0.6 is 0 Å². The average Bonchev–Trinajstić information content (AvgIpc) is 2.37. The molecular formula is C14H18N2O. The second-order valence-corrected chi connectivity index (χ2v) is 4.33. The quantitative estimate of drug-likeness (QED) is 0.878. The maximum Gasteiger partial charge on any atom is 0.0561 e. The maximum absolute atomic E-state index is 6.24. The fourth-order valence-corrected chi connectivity index (χ4v) is 2.05. The number of fused-ring (bicyclic) bond motifs is 1. The van der Waals surface area contributed by atoms with Gasteiger partial charge in [-0.2, -0.15) is 0 Å². The molecule has 2 atom stereocenters. The Hall–Kier alpha value is -1.45. The number of nitrogens with zero attached hydrogens (tertiary/aromatic N) is 1. The molecular weight excluding hydrogens is 212 g/mol. The summed E-state index contributed by atoms with van der Waals surface area (Å²) in [5, 5.41) is 2.31. The predicted octanol–water partition coefficient (Wildman–Crippen LogP) is 2.66. The summed E-state index contributed by atoms with van der Waals surface area (Å²) in [5.41, 5.74) is 7.40. The number of hydrogen-bond acceptors (Lipinski definition) is 3. The van der Waals surface area contributed by atoms with Gasteiger partial charge in [0.15, 0.2) is 0 Å². The zero-order valence-corrected chi connectivity index (χ0v) is 10.3. The number of benzene rings is 1. The van der Waals surface area contributed by atoms with E-state index in [-0.39, 0.29) is 12.1 Å². The van der Waals surface area contributed by atoms with Crippen LogP contribution in [0.5, 0.6) is 0 Å². The molecule has 90 valence electrons. The van der Waals surface area contributed by atoms with Crippen molar-refractivity contribution in [3.8, 4) is 0 Å². The van der Waals surface area contributed by atoms with Crippen LogP contribution in [0.1, 0.15) is 24.9 Å². The van der Waals surface area contributed by atoms with Gasteiger partial charge in [-0.1, -0.05) is 18.2 Å². The Labute approximate surface area is 102 Å². The van der Waals surface area contributed by atoms with Gasteiger partial charge in [-0.15, -0.1) is 0 Å². The minimum absolute atomic E-state index is 0.00366. The molecule has 0 aliphatic rings. The number of methoxy groups -OCH3 is 1. The van der Waals surface area contributed by atoms with Crippen LogP contribution in [-0.2, 0) is 4.74 Å². The molecule has 2 unspecified atom stereocenters. The normalized spacial score (nSPS) is 14.8. The van der Waals surface area contributed by atoms with Gasteiger partial charge in [0, 0.05) is 30.9 Å². The topological polar surface area (TPSA) is 48.1 Å². The SMILES string of the molecule is COC(C)CC(N)c1cccc2cnccc12. The van der Waals surface area contributed by atoms with Crippen LogP contribution in [0.2, 0.25) is 0 Å². The smallest absolute Gasteiger partial charge is 0.0561 e. The highest BCUT2D eigenvalue weighted by molar-refractivity contribution is 5.85. The van der Waals surface area contributed by atoms with E-state index in [9.17, 15) is 0 Å². The van der Waals surface area contributed by atoms with E-state index in [4.69, 9.17) is 10.5 Å². The first-order valence-electron chi connectivity index (χ1n) is 5.83. The summed E-state index contributed by atoms with van der Waals surface area (Å²) in [6.45, 7) is 2.03. The third-order valence-electron chi connectivity index (χ3n) is 3.10. The Morgan fingerprint density at radius 1 is 1.35 bits per heavy atom. The summed E-state index contributed by atoms with van der Waals surface area (Å²) < 4.78 is 5.26. The zero-order chi connectivity index (χ0) is 12.3. The number of rotatable bonds is 4. The molecule has 0 amide bonds. The van der Waals surface area contributed by atoms with Gasteiger partial charge < -0.3 is 10.5 Å². The lowest BCUT2D eigenvalue weighted by atomic mass is 9.97. The lowest BCUT2D eigenvalue weighted by Gasteiger charge is -2.18. The fraction of sp³-hybridized carbons (Fsp3) is 0.357. The van der Waals surface area contributed by atoms with Crippen LogP contribution in [0.4, 0.5) is 0 Å². The second-order valence-electron chi connectivity index (χ2n) is 4.33. The summed E-state index contributed by atoms with van der Waals surface area (Å²) in [4.78, 5) is 4.12. The average molecular weight is 230 g/mol. The van der Waals surface area contributed by atoms with Gasteiger partial charge in [0.2, 0.25) is 0 Å². The van der Waals surface area contributed by atoms with Crippen LogP contribution in [0, 0.1) is 0 Å². The van der Waals surface area contributed by atoms with E-state index in [0.29, 0.717) is 0 Å². The molecule has 2 rings (SSSR count). The van der Waals surface area contributed by atoms with Gasteiger partial charge >= 0.3 is 0 Å². The molecule has 0 fully saturated rings. The highest BCUT2D eigenvalue weighted by Gasteiger charge is 2.13. The lowest BCUT2D eigenvalue weighted by molar-refractivity contribution is 0.105. The molecule has 0 aliphatic carbocycles. The van der Waals surface area contributed by atoms with Crippen molar-refractivity contribution in [3.63, 3.8) is 0 Å². The van der Waals surface area contributed by atoms with Crippen molar-refractivity contribution in [3.05, 3.63) is 42.2 Å². The molecule has 0 saturated carbocycles. The molecule has 1 aromatic carbocycles. The van der Waals surface area contributed by atoms with Crippen molar-refractivity contribution in [1.29, 1.82) is 0 Å². The lowest BCUT2D eigenvalue weighted by Crippen LogP contribution is -2.18. The maximum atomic E-state index is 6.24.